The monoisotopic (exact) mass is 642 g/mol. The number of imidazole rings is 1. The van der Waals surface area contributed by atoms with Crippen LogP contribution in [-0.2, 0) is 9.53 Å². The van der Waals surface area contributed by atoms with Gasteiger partial charge in [-0.3, -0.25) is 19.3 Å². The van der Waals surface area contributed by atoms with Crippen LogP contribution in [0, 0.1) is 11.6 Å². The topological polar surface area (TPSA) is 118 Å². The molecule has 0 bridgehead atoms. The quantitative estimate of drug-likeness (QED) is 0.322. The molecule has 1 fully saturated rings. The molecule has 5 rings (SSSR count). The largest absolute Gasteiger partial charge is 0.379 e. The van der Waals surface area contributed by atoms with E-state index in [4.69, 9.17) is 27.9 Å². The highest BCUT2D eigenvalue weighted by Crippen LogP contribution is 2.39. The molecule has 2 aliphatic rings. The molecule has 0 spiro atoms. The Balaban J connectivity index is 1.67. The molecule has 2 atom stereocenters. The van der Waals surface area contributed by atoms with Gasteiger partial charge < -0.3 is 25.3 Å². The van der Waals surface area contributed by atoms with Crippen LogP contribution in [0.25, 0.3) is 0 Å². The first-order chi connectivity index (χ1) is 20.5. The number of nitrogens with zero attached hydrogens (tertiary/aromatic N) is 3. The predicted octanol–water partition coefficient (Wildman–Crippen LogP) is 3.81. The van der Waals surface area contributed by atoms with Crippen molar-refractivity contribution in [3.63, 3.8) is 0 Å². The van der Waals surface area contributed by atoms with E-state index in [9.17, 15) is 31.9 Å². The number of halogens is 6. The summed E-state index contributed by atoms with van der Waals surface area (Å²) in [6, 6.07) is 4.18. The van der Waals surface area contributed by atoms with Crippen molar-refractivity contribution in [3.05, 3.63) is 80.7 Å². The van der Waals surface area contributed by atoms with Gasteiger partial charge in [-0.25, -0.2) is 22.5 Å². The summed E-state index contributed by atoms with van der Waals surface area (Å²) in [5.74, 6) is -4.75. The normalized spacial score (nSPS) is 18.7. The fraction of sp³-hybridized carbons (Fsp3) is 0.333. The number of alkyl halides is 2. The molecule has 0 aliphatic carbocycles. The Morgan fingerprint density at radius 2 is 1.81 bits per heavy atom. The number of ether oxygens (including phenoxy) is 1. The Labute approximate surface area is 252 Å². The van der Waals surface area contributed by atoms with Gasteiger partial charge in [-0.15, -0.1) is 0 Å². The first-order valence-corrected chi connectivity index (χ1v) is 13.8. The second-order valence-electron chi connectivity index (χ2n) is 9.79. The van der Waals surface area contributed by atoms with Gasteiger partial charge >= 0.3 is 0 Å². The van der Waals surface area contributed by atoms with Crippen LogP contribution in [0.15, 0.2) is 36.4 Å². The number of hydrogen-bond acceptors (Lipinski definition) is 6. The van der Waals surface area contributed by atoms with E-state index in [0.29, 0.717) is 26.3 Å². The highest BCUT2D eigenvalue weighted by atomic mass is 35.5. The van der Waals surface area contributed by atoms with E-state index in [1.165, 1.54) is 16.7 Å². The molecule has 16 heteroatoms. The van der Waals surface area contributed by atoms with Crippen molar-refractivity contribution >= 4 is 46.7 Å². The Hall–Kier alpha value is -3.72. The molecular formula is C27H24Cl2F4N6O4. The van der Waals surface area contributed by atoms with Crippen LogP contribution >= 0.6 is 23.2 Å². The van der Waals surface area contributed by atoms with E-state index in [1.807, 2.05) is 4.90 Å². The molecule has 0 saturated carbocycles. The Morgan fingerprint density at radius 1 is 1.07 bits per heavy atom. The maximum atomic E-state index is 14.4. The minimum absolute atomic E-state index is 0.0170. The van der Waals surface area contributed by atoms with Crippen LogP contribution in [-0.4, -0.2) is 78.0 Å². The highest BCUT2D eigenvalue weighted by molar-refractivity contribution is 6.31. The van der Waals surface area contributed by atoms with E-state index in [1.54, 1.807) is 0 Å². The molecule has 228 valence electrons. The standard InChI is InChI=1S/C27H24Cl2F4N6O4/c28-14-7-13(8-16(31)9-14)25(40)37-23-22-21(17-10-15(30)1-2-18(17)29)35-26(41)19(12-38-3-5-43-6-4-38)39(22)24(36-23)27(42)34-11-20(32)33/h1-2,7-10,19-21H,3-6,11-12H2,(H,34,42)(H,35,41)(H,37,40)/t19-,21-/m0/s1. The molecule has 1 saturated heterocycles. The molecule has 3 heterocycles. The number of fused-ring (bicyclic) bond motifs is 1. The third-order valence-corrected chi connectivity index (χ3v) is 7.47. The molecule has 10 nitrogen and oxygen atoms in total. The van der Waals surface area contributed by atoms with Crippen LogP contribution < -0.4 is 16.0 Å². The zero-order chi connectivity index (χ0) is 30.8. The third-order valence-electron chi connectivity index (χ3n) is 6.90. The van der Waals surface area contributed by atoms with Crippen molar-refractivity contribution < 1.29 is 36.7 Å². The lowest BCUT2D eigenvalue weighted by Crippen LogP contribution is -2.50. The highest BCUT2D eigenvalue weighted by Gasteiger charge is 2.42. The van der Waals surface area contributed by atoms with Crippen LogP contribution in [0.3, 0.4) is 0 Å². The molecule has 3 amide bonds. The number of benzene rings is 2. The van der Waals surface area contributed by atoms with Gasteiger partial charge in [0.25, 0.3) is 18.2 Å². The Kier molecular flexibility index (Phi) is 9.20. The van der Waals surface area contributed by atoms with Crippen molar-refractivity contribution in [2.45, 2.75) is 18.5 Å². The number of aromatic nitrogens is 2. The molecule has 0 unspecified atom stereocenters. The van der Waals surface area contributed by atoms with Crippen molar-refractivity contribution in [1.29, 1.82) is 0 Å². The summed E-state index contributed by atoms with van der Waals surface area (Å²) in [6.45, 7) is 0.763. The summed E-state index contributed by atoms with van der Waals surface area (Å²) in [5.41, 5.74) is -0.103. The van der Waals surface area contributed by atoms with Gasteiger partial charge in [0.2, 0.25) is 11.7 Å². The van der Waals surface area contributed by atoms with Gasteiger partial charge in [0.15, 0.2) is 5.82 Å². The van der Waals surface area contributed by atoms with Crippen molar-refractivity contribution in [2.75, 3.05) is 44.7 Å². The summed E-state index contributed by atoms with van der Waals surface area (Å²) in [6.07, 6.45) is -2.89. The fourth-order valence-electron chi connectivity index (χ4n) is 4.98. The van der Waals surface area contributed by atoms with Gasteiger partial charge in [0.1, 0.15) is 17.7 Å². The minimum atomic E-state index is -2.89. The SMILES string of the molecule is O=C(Nc1nc(C(=O)NCC(F)F)n2c1[C@H](c1cc(F)ccc1Cl)NC(=O)[C@@H]2CN1CCOCC1)c1cc(F)cc(Cl)c1. The number of anilines is 1. The van der Waals surface area contributed by atoms with Crippen LogP contribution in [0.4, 0.5) is 23.4 Å². The summed E-state index contributed by atoms with van der Waals surface area (Å²) >= 11 is 12.3. The number of rotatable bonds is 8. The van der Waals surface area contributed by atoms with Gasteiger partial charge in [0.05, 0.1) is 31.5 Å². The number of carbonyl (C=O) groups is 3. The Morgan fingerprint density at radius 3 is 2.51 bits per heavy atom. The fourth-order valence-corrected chi connectivity index (χ4v) is 5.43. The maximum Gasteiger partial charge on any atom is 0.287 e. The lowest BCUT2D eigenvalue weighted by atomic mass is 9.98. The van der Waals surface area contributed by atoms with Crippen LogP contribution in [0.5, 0.6) is 0 Å². The number of nitrogens with one attached hydrogen (secondary N) is 3. The lowest BCUT2D eigenvalue weighted by Gasteiger charge is -2.37. The number of carbonyl (C=O) groups excluding carboxylic acids is 3. The smallest absolute Gasteiger partial charge is 0.287 e. The Bertz CT molecular complexity index is 1550. The molecule has 1 aromatic heterocycles. The zero-order valence-electron chi connectivity index (χ0n) is 22.2. The number of hydrogen-bond donors (Lipinski definition) is 3. The van der Waals surface area contributed by atoms with E-state index in [2.05, 4.69) is 20.9 Å². The van der Waals surface area contributed by atoms with Crippen LogP contribution in [0.2, 0.25) is 10.0 Å². The first-order valence-electron chi connectivity index (χ1n) is 13.0. The van der Waals surface area contributed by atoms with E-state index in [0.717, 1.165) is 24.3 Å². The summed E-state index contributed by atoms with van der Waals surface area (Å²) in [7, 11) is 0. The van der Waals surface area contributed by atoms with Crippen molar-refractivity contribution in [3.8, 4) is 0 Å². The molecule has 3 aromatic rings. The molecule has 3 N–H and O–H groups in total. The molecule has 2 aliphatic heterocycles. The van der Waals surface area contributed by atoms with E-state index >= 15 is 0 Å². The van der Waals surface area contributed by atoms with Crippen molar-refractivity contribution in [1.82, 2.24) is 25.1 Å². The lowest BCUT2D eigenvalue weighted by molar-refractivity contribution is -0.127. The van der Waals surface area contributed by atoms with Gasteiger partial charge in [-0.2, -0.15) is 0 Å². The van der Waals surface area contributed by atoms with Gasteiger partial charge in [0, 0.05) is 40.8 Å². The number of amides is 3. The second kappa shape index (κ2) is 12.9. The predicted molar refractivity (Wildman–Crippen MR) is 148 cm³/mol. The van der Waals surface area contributed by atoms with Crippen LogP contribution in [0.1, 0.15) is 44.3 Å². The summed E-state index contributed by atoms with van der Waals surface area (Å²) in [5, 5.41) is 7.34. The van der Waals surface area contributed by atoms with Gasteiger partial charge in [-0.05, 0) is 36.4 Å². The molecule has 43 heavy (non-hydrogen) atoms. The zero-order valence-corrected chi connectivity index (χ0v) is 23.7. The maximum absolute atomic E-state index is 14.4. The summed E-state index contributed by atoms with van der Waals surface area (Å²) in [4.78, 5) is 46.3. The van der Waals surface area contributed by atoms with Gasteiger partial charge in [-0.1, -0.05) is 23.2 Å². The second-order valence-corrected chi connectivity index (χ2v) is 10.6. The number of morpholine rings is 1. The average molecular weight is 643 g/mol. The van der Waals surface area contributed by atoms with E-state index in [-0.39, 0.29) is 39.2 Å². The first kappa shape index (κ1) is 30.7. The van der Waals surface area contributed by atoms with E-state index < -0.39 is 60.2 Å². The molecular weight excluding hydrogens is 619 g/mol. The minimum Gasteiger partial charge on any atom is -0.379 e. The molecule has 2 aromatic carbocycles. The summed E-state index contributed by atoms with van der Waals surface area (Å²) < 4.78 is 61.1. The van der Waals surface area contributed by atoms with Crippen molar-refractivity contribution in [2.24, 2.45) is 0 Å². The average Bonchev–Trinajstić information content (AvgIpc) is 3.33. The third kappa shape index (κ3) is 6.77. The molecule has 0 radical (unpaired) electrons.